The Kier molecular flexibility index (Phi) is 6.12. The number of rotatable bonds is 5. The predicted molar refractivity (Wildman–Crippen MR) is 80.3 cm³/mol. The van der Waals surface area contributed by atoms with E-state index in [2.05, 4.69) is 20.1 Å². The standard InChI is InChI=1S/C15H18N2O5/c1-9-7-10(14(19)16-2)5-6-11(9)17-12(15(20)22-4)8-13(18)21-3/h5-8,17H,1-4H3,(H,16,19)/b12-8+. The molecule has 1 aromatic carbocycles. The highest BCUT2D eigenvalue weighted by Gasteiger charge is 2.14. The Morgan fingerprint density at radius 2 is 1.82 bits per heavy atom. The molecule has 0 aromatic heterocycles. The number of hydrogen-bond donors (Lipinski definition) is 2. The fraction of sp³-hybridized carbons (Fsp3) is 0.267. The van der Waals surface area contributed by atoms with Gasteiger partial charge in [-0.1, -0.05) is 0 Å². The van der Waals surface area contributed by atoms with Crippen molar-refractivity contribution in [3.05, 3.63) is 41.1 Å². The fourth-order valence-electron chi connectivity index (χ4n) is 1.67. The Morgan fingerprint density at radius 3 is 2.32 bits per heavy atom. The third-order valence-corrected chi connectivity index (χ3v) is 2.85. The highest BCUT2D eigenvalue weighted by atomic mass is 16.5. The number of ether oxygens (including phenoxy) is 2. The first-order chi connectivity index (χ1) is 10.4. The van der Waals surface area contributed by atoms with E-state index in [-0.39, 0.29) is 11.6 Å². The molecule has 1 amide bonds. The van der Waals surface area contributed by atoms with Crippen molar-refractivity contribution in [1.29, 1.82) is 0 Å². The van der Waals surface area contributed by atoms with Gasteiger partial charge in [-0.25, -0.2) is 9.59 Å². The van der Waals surface area contributed by atoms with E-state index in [0.717, 1.165) is 11.6 Å². The summed E-state index contributed by atoms with van der Waals surface area (Å²) in [4.78, 5) is 34.5. The predicted octanol–water partition coefficient (Wildman–Crippen LogP) is 0.996. The number of methoxy groups -OCH3 is 2. The zero-order valence-electron chi connectivity index (χ0n) is 12.9. The summed E-state index contributed by atoms with van der Waals surface area (Å²) < 4.78 is 9.10. The Hall–Kier alpha value is -2.83. The monoisotopic (exact) mass is 306 g/mol. The molecule has 1 aromatic rings. The first kappa shape index (κ1) is 17.2. The topological polar surface area (TPSA) is 93.7 Å². The zero-order chi connectivity index (χ0) is 16.7. The highest BCUT2D eigenvalue weighted by Crippen LogP contribution is 2.19. The Bertz CT molecular complexity index is 622. The van der Waals surface area contributed by atoms with Gasteiger partial charge in [-0.15, -0.1) is 0 Å². The molecule has 1 rings (SSSR count). The number of amides is 1. The second-order valence-electron chi connectivity index (χ2n) is 4.31. The number of nitrogens with one attached hydrogen (secondary N) is 2. The lowest BCUT2D eigenvalue weighted by molar-refractivity contribution is -0.138. The molecule has 0 unspecified atom stereocenters. The normalized spacial score (nSPS) is 10.6. The SMILES string of the molecule is CNC(=O)c1ccc(N/C(=C/C(=O)OC)C(=O)OC)c(C)c1. The summed E-state index contributed by atoms with van der Waals surface area (Å²) in [5.41, 5.74) is 1.71. The lowest BCUT2D eigenvalue weighted by Crippen LogP contribution is -2.18. The fourth-order valence-corrected chi connectivity index (χ4v) is 1.67. The minimum absolute atomic E-state index is 0.0647. The molecule has 0 saturated carbocycles. The van der Waals surface area contributed by atoms with Gasteiger partial charge in [0.25, 0.3) is 5.91 Å². The van der Waals surface area contributed by atoms with Gasteiger partial charge in [-0.2, -0.15) is 0 Å². The maximum Gasteiger partial charge on any atom is 0.354 e. The van der Waals surface area contributed by atoms with E-state index in [0.29, 0.717) is 11.3 Å². The maximum absolute atomic E-state index is 11.7. The molecule has 2 N–H and O–H groups in total. The number of anilines is 1. The van der Waals surface area contributed by atoms with Crippen LogP contribution in [0.15, 0.2) is 30.0 Å². The van der Waals surface area contributed by atoms with Crippen molar-refractivity contribution in [2.75, 3.05) is 26.6 Å². The van der Waals surface area contributed by atoms with Crippen LogP contribution < -0.4 is 10.6 Å². The Balaban J connectivity index is 3.09. The van der Waals surface area contributed by atoms with Gasteiger partial charge >= 0.3 is 11.9 Å². The van der Waals surface area contributed by atoms with E-state index in [4.69, 9.17) is 0 Å². The number of aryl methyl sites for hydroxylation is 1. The lowest BCUT2D eigenvalue weighted by Gasteiger charge is -2.12. The van der Waals surface area contributed by atoms with E-state index < -0.39 is 11.9 Å². The van der Waals surface area contributed by atoms with Crippen molar-refractivity contribution in [3.8, 4) is 0 Å². The molecule has 7 heteroatoms. The Morgan fingerprint density at radius 1 is 1.14 bits per heavy atom. The molecular weight excluding hydrogens is 288 g/mol. The van der Waals surface area contributed by atoms with E-state index >= 15 is 0 Å². The van der Waals surface area contributed by atoms with Crippen molar-refractivity contribution in [1.82, 2.24) is 5.32 Å². The van der Waals surface area contributed by atoms with Gasteiger partial charge in [-0.3, -0.25) is 4.79 Å². The molecule has 0 heterocycles. The molecule has 0 atom stereocenters. The summed E-state index contributed by atoms with van der Waals surface area (Å²) in [7, 11) is 3.95. The number of esters is 2. The van der Waals surface area contributed by atoms with Gasteiger partial charge < -0.3 is 20.1 Å². The molecule has 0 saturated heterocycles. The van der Waals surface area contributed by atoms with Crippen LogP contribution in [-0.4, -0.2) is 39.1 Å². The highest BCUT2D eigenvalue weighted by molar-refractivity contribution is 5.99. The summed E-state index contributed by atoms with van der Waals surface area (Å²) in [6.45, 7) is 1.77. The third kappa shape index (κ3) is 4.34. The summed E-state index contributed by atoms with van der Waals surface area (Å²) in [5, 5.41) is 5.33. The van der Waals surface area contributed by atoms with Crippen molar-refractivity contribution in [3.63, 3.8) is 0 Å². The van der Waals surface area contributed by atoms with E-state index in [1.807, 2.05) is 0 Å². The molecule has 118 valence electrons. The lowest BCUT2D eigenvalue weighted by atomic mass is 10.1. The molecular formula is C15H18N2O5. The summed E-state index contributed by atoms with van der Waals surface area (Å²) in [6.07, 6.45) is 0.998. The van der Waals surface area contributed by atoms with Crippen LogP contribution in [0.2, 0.25) is 0 Å². The number of carbonyl (C=O) groups is 3. The number of hydrogen-bond acceptors (Lipinski definition) is 6. The van der Waals surface area contributed by atoms with Crippen molar-refractivity contribution in [2.24, 2.45) is 0 Å². The van der Waals surface area contributed by atoms with Crippen LogP contribution in [0, 0.1) is 6.92 Å². The summed E-state index contributed by atoms with van der Waals surface area (Å²) >= 11 is 0. The van der Waals surface area contributed by atoms with Crippen LogP contribution >= 0.6 is 0 Å². The van der Waals surface area contributed by atoms with Gasteiger partial charge in [0.05, 0.1) is 20.3 Å². The molecule has 0 aliphatic carbocycles. The van der Waals surface area contributed by atoms with Gasteiger partial charge in [0.2, 0.25) is 0 Å². The third-order valence-electron chi connectivity index (χ3n) is 2.85. The summed E-state index contributed by atoms with van der Waals surface area (Å²) in [5.74, 6) is -1.61. The van der Waals surface area contributed by atoms with Crippen LogP contribution in [0.25, 0.3) is 0 Å². The molecule has 0 bridgehead atoms. The minimum Gasteiger partial charge on any atom is -0.466 e. The van der Waals surface area contributed by atoms with Gasteiger partial charge in [0.15, 0.2) is 0 Å². The number of benzene rings is 1. The van der Waals surface area contributed by atoms with Crippen molar-refractivity contribution < 1.29 is 23.9 Å². The average Bonchev–Trinajstić information content (AvgIpc) is 2.53. The van der Waals surface area contributed by atoms with Crippen LogP contribution in [0.1, 0.15) is 15.9 Å². The number of carbonyl (C=O) groups excluding carboxylic acids is 3. The van der Waals surface area contributed by atoms with Gasteiger partial charge in [0.1, 0.15) is 5.70 Å². The van der Waals surface area contributed by atoms with Gasteiger partial charge in [0, 0.05) is 18.3 Å². The second kappa shape index (κ2) is 7.82. The van der Waals surface area contributed by atoms with Gasteiger partial charge in [-0.05, 0) is 30.7 Å². The van der Waals surface area contributed by atoms with Crippen LogP contribution in [0.3, 0.4) is 0 Å². The summed E-state index contributed by atoms with van der Waals surface area (Å²) in [6, 6.07) is 4.89. The molecule has 0 aliphatic rings. The molecule has 22 heavy (non-hydrogen) atoms. The quantitative estimate of drug-likeness (QED) is 0.622. The van der Waals surface area contributed by atoms with Crippen LogP contribution in [-0.2, 0) is 19.1 Å². The van der Waals surface area contributed by atoms with Crippen molar-refractivity contribution >= 4 is 23.5 Å². The molecule has 0 spiro atoms. The zero-order valence-corrected chi connectivity index (χ0v) is 12.9. The van der Waals surface area contributed by atoms with Crippen LogP contribution in [0.5, 0.6) is 0 Å². The van der Waals surface area contributed by atoms with Crippen LogP contribution in [0.4, 0.5) is 5.69 Å². The van der Waals surface area contributed by atoms with Crippen molar-refractivity contribution in [2.45, 2.75) is 6.92 Å². The molecule has 7 nitrogen and oxygen atoms in total. The molecule has 0 radical (unpaired) electrons. The second-order valence-corrected chi connectivity index (χ2v) is 4.31. The smallest absolute Gasteiger partial charge is 0.354 e. The maximum atomic E-state index is 11.7. The minimum atomic E-state index is -0.708. The molecule has 0 aliphatic heterocycles. The van der Waals surface area contributed by atoms with E-state index in [1.165, 1.54) is 21.3 Å². The Labute approximate surface area is 128 Å². The first-order valence-corrected chi connectivity index (χ1v) is 6.40. The van der Waals surface area contributed by atoms with E-state index in [9.17, 15) is 14.4 Å². The average molecular weight is 306 g/mol. The largest absolute Gasteiger partial charge is 0.466 e. The first-order valence-electron chi connectivity index (χ1n) is 6.40. The molecule has 0 fully saturated rings. The van der Waals surface area contributed by atoms with E-state index in [1.54, 1.807) is 25.1 Å².